The lowest BCUT2D eigenvalue weighted by atomic mass is 9.93. The number of hydrogen-bond donors (Lipinski definition) is 0. The maximum absolute atomic E-state index is 6.43. The molecule has 0 aliphatic carbocycles. The minimum Gasteiger partial charge on any atom is -0.139 e. The van der Waals surface area contributed by atoms with Crippen molar-refractivity contribution in [3.8, 4) is 11.1 Å². The third kappa shape index (κ3) is 2.45. The van der Waals surface area contributed by atoms with Gasteiger partial charge < -0.3 is 0 Å². The highest BCUT2D eigenvalue weighted by Crippen LogP contribution is 2.45. The first kappa shape index (κ1) is 14.7. The Labute approximate surface area is 145 Å². The molecule has 0 spiro atoms. The van der Waals surface area contributed by atoms with E-state index in [1.165, 1.54) is 36.9 Å². The first-order valence-electron chi connectivity index (χ1n) is 7.85. The number of rotatable bonds is 2. The predicted octanol–water partition coefficient (Wildman–Crippen LogP) is 7.50. The lowest BCUT2D eigenvalue weighted by Gasteiger charge is -2.12. The Balaban J connectivity index is 2.16. The molecule has 1 heterocycles. The summed E-state index contributed by atoms with van der Waals surface area (Å²) in [7, 11) is 0. The summed E-state index contributed by atoms with van der Waals surface area (Å²) >= 11 is 8.33. The molecule has 0 aliphatic heterocycles. The quantitative estimate of drug-likeness (QED) is 0.355. The topological polar surface area (TPSA) is 0 Å². The summed E-state index contributed by atoms with van der Waals surface area (Å²) in [6.45, 7) is 4.53. The lowest BCUT2D eigenvalue weighted by Crippen LogP contribution is -1.88. The van der Waals surface area contributed by atoms with Crippen LogP contribution < -0.4 is 0 Å². The molecule has 23 heavy (non-hydrogen) atoms. The third-order valence-electron chi connectivity index (χ3n) is 4.24. The van der Waals surface area contributed by atoms with E-state index < -0.39 is 0 Å². The summed E-state index contributed by atoms with van der Waals surface area (Å²) in [5, 5.41) is 4.58. The third-order valence-corrected chi connectivity index (χ3v) is 5.93. The molecule has 0 unspecified atom stereocenters. The Morgan fingerprint density at radius 1 is 0.870 bits per heavy atom. The molecular formula is C21H17ClS. The van der Waals surface area contributed by atoms with Crippen molar-refractivity contribution in [1.82, 2.24) is 0 Å². The molecule has 2 heteroatoms. The van der Waals surface area contributed by atoms with Crippen LogP contribution in [0.4, 0.5) is 0 Å². The van der Waals surface area contributed by atoms with Crippen LogP contribution in [0.5, 0.6) is 0 Å². The zero-order chi connectivity index (χ0) is 16.0. The molecular weight excluding hydrogens is 320 g/mol. The van der Waals surface area contributed by atoms with E-state index in [0.717, 1.165) is 5.02 Å². The van der Waals surface area contributed by atoms with E-state index in [0.29, 0.717) is 5.92 Å². The van der Waals surface area contributed by atoms with Gasteiger partial charge in [0.2, 0.25) is 0 Å². The summed E-state index contributed by atoms with van der Waals surface area (Å²) in [5.74, 6) is 0.486. The fraction of sp³-hybridized carbons (Fsp3) is 0.143. The van der Waals surface area contributed by atoms with Gasteiger partial charge in [-0.3, -0.25) is 0 Å². The van der Waals surface area contributed by atoms with Crippen LogP contribution in [0.25, 0.3) is 32.0 Å². The van der Waals surface area contributed by atoms with Gasteiger partial charge in [0.25, 0.3) is 0 Å². The van der Waals surface area contributed by atoms with Gasteiger partial charge in [-0.1, -0.05) is 67.9 Å². The van der Waals surface area contributed by atoms with E-state index in [2.05, 4.69) is 68.4 Å². The summed E-state index contributed by atoms with van der Waals surface area (Å²) in [4.78, 5) is 1.43. The molecule has 0 nitrogen and oxygen atoms in total. The van der Waals surface area contributed by atoms with Gasteiger partial charge >= 0.3 is 0 Å². The number of fused-ring (bicyclic) bond motifs is 2. The van der Waals surface area contributed by atoms with Crippen LogP contribution in [0.15, 0.2) is 60.7 Å². The van der Waals surface area contributed by atoms with Gasteiger partial charge in [0.15, 0.2) is 0 Å². The van der Waals surface area contributed by atoms with Crippen molar-refractivity contribution < 1.29 is 0 Å². The molecule has 1 aromatic heterocycles. The van der Waals surface area contributed by atoms with E-state index in [1.54, 1.807) is 0 Å². The monoisotopic (exact) mass is 336 g/mol. The highest BCUT2D eigenvalue weighted by atomic mass is 35.5. The zero-order valence-electron chi connectivity index (χ0n) is 13.1. The average Bonchev–Trinajstić information content (AvgIpc) is 2.93. The first-order valence-corrected chi connectivity index (χ1v) is 9.04. The smallest absolute Gasteiger partial charge is 0.0418 e. The summed E-state index contributed by atoms with van der Waals surface area (Å²) < 4.78 is 1.34. The van der Waals surface area contributed by atoms with Gasteiger partial charge in [-0.15, -0.1) is 11.3 Å². The van der Waals surface area contributed by atoms with E-state index in [9.17, 15) is 0 Å². The van der Waals surface area contributed by atoms with E-state index in [-0.39, 0.29) is 0 Å². The molecule has 0 fully saturated rings. The van der Waals surface area contributed by atoms with Crippen LogP contribution in [0.2, 0.25) is 5.02 Å². The van der Waals surface area contributed by atoms with E-state index in [4.69, 9.17) is 11.6 Å². The molecule has 0 N–H and O–H groups in total. The van der Waals surface area contributed by atoms with Crippen molar-refractivity contribution in [2.75, 3.05) is 0 Å². The van der Waals surface area contributed by atoms with Crippen LogP contribution in [0.1, 0.15) is 24.6 Å². The van der Waals surface area contributed by atoms with Gasteiger partial charge in [0.05, 0.1) is 0 Å². The van der Waals surface area contributed by atoms with Crippen LogP contribution in [-0.2, 0) is 0 Å². The van der Waals surface area contributed by atoms with Crippen molar-refractivity contribution in [1.29, 1.82) is 0 Å². The molecule has 0 bridgehead atoms. The molecule has 3 aromatic carbocycles. The lowest BCUT2D eigenvalue weighted by molar-refractivity contribution is 0.892. The number of thiophene rings is 1. The summed E-state index contributed by atoms with van der Waals surface area (Å²) in [6.07, 6.45) is 0. The number of hydrogen-bond acceptors (Lipinski definition) is 1. The normalized spacial score (nSPS) is 11.7. The molecule has 0 amide bonds. The largest absolute Gasteiger partial charge is 0.139 e. The second kappa shape index (κ2) is 5.67. The van der Waals surface area contributed by atoms with Crippen LogP contribution in [0, 0.1) is 0 Å². The Bertz CT molecular complexity index is 1010. The number of benzene rings is 3. The molecule has 0 saturated carbocycles. The van der Waals surface area contributed by atoms with Gasteiger partial charge in [0, 0.05) is 25.5 Å². The standard InChI is InChI=1S/C21H17ClS/c1-13(2)21-20(17-9-5-6-10-19(17)23-21)18-12-15(22)11-14-7-3-4-8-16(14)18/h3-13H,1-2H3. The van der Waals surface area contributed by atoms with Crippen LogP contribution in [-0.4, -0.2) is 0 Å². The second-order valence-corrected chi connectivity index (χ2v) is 7.69. The molecule has 0 saturated heterocycles. The summed E-state index contributed by atoms with van der Waals surface area (Å²) in [5.41, 5.74) is 2.59. The van der Waals surface area contributed by atoms with Crippen molar-refractivity contribution in [3.05, 3.63) is 70.6 Å². The van der Waals surface area contributed by atoms with Gasteiger partial charge in [-0.2, -0.15) is 0 Å². The number of halogens is 1. The Kier molecular flexibility index (Phi) is 3.63. The molecule has 4 rings (SSSR count). The Morgan fingerprint density at radius 3 is 2.35 bits per heavy atom. The van der Waals surface area contributed by atoms with Crippen LogP contribution >= 0.6 is 22.9 Å². The van der Waals surface area contributed by atoms with Gasteiger partial charge in [-0.05, 0) is 40.5 Å². The van der Waals surface area contributed by atoms with Gasteiger partial charge in [-0.25, -0.2) is 0 Å². The molecule has 4 aromatic rings. The molecule has 0 atom stereocenters. The van der Waals surface area contributed by atoms with Gasteiger partial charge in [0.1, 0.15) is 0 Å². The highest BCUT2D eigenvalue weighted by molar-refractivity contribution is 7.19. The fourth-order valence-electron chi connectivity index (χ4n) is 3.23. The SMILES string of the molecule is CC(C)c1sc2ccccc2c1-c1cc(Cl)cc2ccccc12. The highest BCUT2D eigenvalue weighted by Gasteiger charge is 2.18. The van der Waals surface area contributed by atoms with E-state index in [1.807, 2.05) is 17.4 Å². The average molecular weight is 337 g/mol. The van der Waals surface area contributed by atoms with Crippen molar-refractivity contribution >= 4 is 43.8 Å². The minimum atomic E-state index is 0.486. The maximum atomic E-state index is 6.43. The second-order valence-electron chi connectivity index (χ2n) is 6.17. The fourth-order valence-corrected chi connectivity index (χ4v) is 4.68. The Hall–Kier alpha value is -1.83. The zero-order valence-corrected chi connectivity index (χ0v) is 14.7. The molecule has 0 aliphatic rings. The van der Waals surface area contributed by atoms with Crippen LogP contribution in [0.3, 0.4) is 0 Å². The van der Waals surface area contributed by atoms with Crippen molar-refractivity contribution in [2.24, 2.45) is 0 Å². The molecule has 0 radical (unpaired) electrons. The predicted molar refractivity (Wildman–Crippen MR) is 104 cm³/mol. The van der Waals surface area contributed by atoms with Crippen molar-refractivity contribution in [2.45, 2.75) is 19.8 Å². The Morgan fingerprint density at radius 2 is 1.57 bits per heavy atom. The van der Waals surface area contributed by atoms with Crippen molar-refractivity contribution in [3.63, 3.8) is 0 Å². The van der Waals surface area contributed by atoms with E-state index >= 15 is 0 Å². The molecule has 114 valence electrons. The summed E-state index contributed by atoms with van der Waals surface area (Å²) in [6, 6.07) is 21.3. The minimum absolute atomic E-state index is 0.486. The first-order chi connectivity index (χ1) is 11.1. The maximum Gasteiger partial charge on any atom is 0.0418 e.